The molecule has 0 saturated carbocycles. The van der Waals surface area contributed by atoms with E-state index in [0.717, 1.165) is 17.5 Å². The van der Waals surface area contributed by atoms with Gasteiger partial charge in [-0.2, -0.15) is 5.10 Å². The van der Waals surface area contributed by atoms with Crippen molar-refractivity contribution < 1.29 is 24.0 Å². The Morgan fingerprint density at radius 2 is 2.07 bits per heavy atom. The molecule has 0 bridgehead atoms. The standard InChI is InChI=1S/C15H17N5O6S/c1-4-19-6-8(20(24)25)10(18-19)13(22)17-14-9(15(23)26-5-2)7(3)11(27-14)12(16)21/h6H,4-5H2,1-3H3,(H2,16,21)(H,17,22). The third kappa shape index (κ3) is 3.95. The lowest BCUT2D eigenvalue weighted by Gasteiger charge is -2.06. The Morgan fingerprint density at radius 3 is 2.59 bits per heavy atom. The highest BCUT2D eigenvalue weighted by molar-refractivity contribution is 7.18. The van der Waals surface area contributed by atoms with E-state index in [1.165, 1.54) is 11.6 Å². The zero-order valence-electron chi connectivity index (χ0n) is 14.8. The number of hydrogen-bond acceptors (Lipinski definition) is 8. The predicted octanol–water partition coefficient (Wildman–Crippen LogP) is 1.71. The zero-order chi connectivity index (χ0) is 20.3. The van der Waals surface area contributed by atoms with Gasteiger partial charge in [0.15, 0.2) is 0 Å². The minimum Gasteiger partial charge on any atom is -0.462 e. The maximum absolute atomic E-state index is 12.5. The van der Waals surface area contributed by atoms with Crippen LogP contribution in [0.1, 0.15) is 49.9 Å². The Kier molecular flexibility index (Phi) is 5.90. The van der Waals surface area contributed by atoms with Crippen molar-refractivity contribution in [3.63, 3.8) is 0 Å². The van der Waals surface area contributed by atoms with Crippen LogP contribution in [0.3, 0.4) is 0 Å². The van der Waals surface area contributed by atoms with Gasteiger partial charge >= 0.3 is 11.7 Å². The molecule has 2 rings (SSSR count). The molecule has 0 aliphatic heterocycles. The minimum absolute atomic E-state index is 0.00472. The van der Waals surface area contributed by atoms with E-state index in [1.54, 1.807) is 13.8 Å². The molecule has 2 amide bonds. The first kappa shape index (κ1) is 20.0. The number of nitro groups is 1. The molecule has 12 heteroatoms. The second-order valence-corrected chi connectivity index (χ2v) is 6.30. The van der Waals surface area contributed by atoms with Gasteiger partial charge in [0, 0.05) is 6.54 Å². The van der Waals surface area contributed by atoms with Gasteiger partial charge in [0.05, 0.1) is 22.0 Å². The van der Waals surface area contributed by atoms with E-state index in [0.29, 0.717) is 6.54 Å². The number of nitrogens with one attached hydrogen (secondary N) is 1. The highest BCUT2D eigenvalue weighted by atomic mass is 32.1. The average Bonchev–Trinajstić information content (AvgIpc) is 3.16. The van der Waals surface area contributed by atoms with Crippen LogP contribution in [0.2, 0.25) is 0 Å². The summed E-state index contributed by atoms with van der Waals surface area (Å²) in [6.07, 6.45) is 1.13. The lowest BCUT2D eigenvalue weighted by atomic mass is 10.1. The van der Waals surface area contributed by atoms with Crippen LogP contribution in [0.15, 0.2) is 6.20 Å². The molecule has 0 saturated heterocycles. The Morgan fingerprint density at radius 1 is 1.41 bits per heavy atom. The molecule has 2 heterocycles. The normalized spacial score (nSPS) is 10.5. The smallest absolute Gasteiger partial charge is 0.341 e. The van der Waals surface area contributed by atoms with Crippen LogP contribution >= 0.6 is 11.3 Å². The van der Waals surface area contributed by atoms with Crippen LogP contribution in [-0.4, -0.2) is 39.1 Å². The van der Waals surface area contributed by atoms with Crippen molar-refractivity contribution in [2.75, 3.05) is 11.9 Å². The fraction of sp³-hybridized carbons (Fsp3) is 0.333. The largest absolute Gasteiger partial charge is 0.462 e. The van der Waals surface area contributed by atoms with E-state index >= 15 is 0 Å². The lowest BCUT2D eigenvalue weighted by Crippen LogP contribution is -2.17. The molecular formula is C15H17N5O6S. The summed E-state index contributed by atoms with van der Waals surface area (Å²) in [6.45, 7) is 5.21. The number of carbonyl (C=O) groups excluding carboxylic acids is 3. The van der Waals surface area contributed by atoms with Crippen LogP contribution in [0, 0.1) is 17.0 Å². The van der Waals surface area contributed by atoms with Crippen LogP contribution in [-0.2, 0) is 11.3 Å². The number of amides is 2. The van der Waals surface area contributed by atoms with Crippen molar-refractivity contribution in [2.24, 2.45) is 5.73 Å². The maximum atomic E-state index is 12.5. The second kappa shape index (κ2) is 7.95. The fourth-order valence-electron chi connectivity index (χ4n) is 2.32. The number of rotatable bonds is 7. The molecule has 0 aromatic carbocycles. The van der Waals surface area contributed by atoms with Gasteiger partial charge in [0.2, 0.25) is 5.69 Å². The molecule has 0 aliphatic rings. The van der Waals surface area contributed by atoms with Crippen molar-refractivity contribution in [3.05, 3.63) is 38.0 Å². The highest BCUT2D eigenvalue weighted by Crippen LogP contribution is 2.34. The van der Waals surface area contributed by atoms with Gasteiger partial charge in [-0.15, -0.1) is 11.3 Å². The number of carbonyl (C=O) groups is 3. The van der Waals surface area contributed by atoms with Gasteiger partial charge in [-0.25, -0.2) is 4.79 Å². The van der Waals surface area contributed by atoms with Crippen LogP contribution < -0.4 is 11.1 Å². The van der Waals surface area contributed by atoms with Gasteiger partial charge in [0.1, 0.15) is 11.2 Å². The molecule has 0 aliphatic carbocycles. The SMILES string of the molecule is CCOC(=O)c1c(NC(=O)c2nn(CC)cc2[N+](=O)[O-])sc(C(N)=O)c1C. The van der Waals surface area contributed by atoms with Crippen LogP contribution in [0.25, 0.3) is 0 Å². The average molecular weight is 395 g/mol. The van der Waals surface area contributed by atoms with E-state index < -0.39 is 34.1 Å². The maximum Gasteiger partial charge on any atom is 0.341 e. The molecule has 0 atom stereocenters. The van der Waals surface area contributed by atoms with Gasteiger partial charge in [-0.3, -0.25) is 24.4 Å². The summed E-state index contributed by atoms with van der Waals surface area (Å²) < 4.78 is 6.19. The topological polar surface area (TPSA) is 159 Å². The Hall–Kier alpha value is -3.28. The van der Waals surface area contributed by atoms with Gasteiger partial charge in [-0.05, 0) is 26.3 Å². The second-order valence-electron chi connectivity index (χ2n) is 5.27. The summed E-state index contributed by atoms with van der Waals surface area (Å²) in [7, 11) is 0. The summed E-state index contributed by atoms with van der Waals surface area (Å²) in [5.74, 6) is -2.41. The van der Waals surface area contributed by atoms with Crippen LogP contribution in [0.4, 0.5) is 10.7 Å². The molecule has 11 nitrogen and oxygen atoms in total. The molecule has 0 radical (unpaired) electrons. The van der Waals surface area contributed by atoms with E-state index in [-0.39, 0.29) is 27.6 Å². The number of primary amides is 1. The van der Waals surface area contributed by atoms with E-state index in [4.69, 9.17) is 10.5 Å². The number of aryl methyl sites for hydroxylation is 1. The van der Waals surface area contributed by atoms with Crippen LogP contribution in [0.5, 0.6) is 0 Å². The summed E-state index contributed by atoms with van der Waals surface area (Å²) in [5, 5.41) is 17.4. The monoisotopic (exact) mass is 395 g/mol. The third-order valence-corrected chi connectivity index (χ3v) is 4.78. The number of aromatic nitrogens is 2. The van der Waals surface area contributed by atoms with E-state index in [9.17, 15) is 24.5 Å². The summed E-state index contributed by atoms with van der Waals surface area (Å²) in [6, 6.07) is 0. The van der Waals surface area contributed by atoms with E-state index in [2.05, 4.69) is 10.4 Å². The first-order valence-electron chi connectivity index (χ1n) is 7.84. The quantitative estimate of drug-likeness (QED) is 0.410. The third-order valence-electron chi connectivity index (χ3n) is 3.56. The molecule has 0 unspecified atom stereocenters. The first-order valence-corrected chi connectivity index (χ1v) is 8.66. The fourth-order valence-corrected chi connectivity index (χ4v) is 3.36. The summed E-state index contributed by atoms with van der Waals surface area (Å²) >= 11 is 0.786. The van der Waals surface area contributed by atoms with Crippen molar-refractivity contribution in [1.29, 1.82) is 0 Å². The van der Waals surface area contributed by atoms with Gasteiger partial charge < -0.3 is 15.8 Å². The molecular weight excluding hydrogens is 378 g/mol. The minimum atomic E-state index is -0.892. The van der Waals surface area contributed by atoms with Gasteiger partial charge in [0.25, 0.3) is 11.8 Å². The highest BCUT2D eigenvalue weighted by Gasteiger charge is 2.30. The molecule has 0 spiro atoms. The predicted molar refractivity (Wildman–Crippen MR) is 96.0 cm³/mol. The Bertz CT molecular complexity index is 932. The first-order chi connectivity index (χ1) is 12.7. The molecule has 27 heavy (non-hydrogen) atoms. The summed E-state index contributed by atoms with van der Waals surface area (Å²) in [4.78, 5) is 46.8. The van der Waals surface area contributed by atoms with Gasteiger partial charge in [-0.1, -0.05) is 0 Å². The summed E-state index contributed by atoms with van der Waals surface area (Å²) in [5.41, 5.74) is 4.64. The van der Waals surface area contributed by atoms with Crippen molar-refractivity contribution in [2.45, 2.75) is 27.3 Å². The Balaban J connectivity index is 2.48. The lowest BCUT2D eigenvalue weighted by molar-refractivity contribution is -0.385. The number of thiophene rings is 1. The Labute approximate surface area is 157 Å². The van der Waals surface area contributed by atoms with Crippen molar-refractivity contribution in [1.82, 2.24) is 9.78 Å². The number of anilines is 1. The van der Waals surface area contributed by atoms with Crippen molar-refractivity contribution >= 4 is 39.8 Å². The molecule has 144 valence electrons. The molecule has 0 fully saturated rings. The molecule has 2 aromatic heterocycles. The zero-order valence-corrected chi connectivity index (χ0v) is 15.6. The van der Waals surface area contributed by atoms with Crippen molar-refractivity contribution in [3.8, 4) is 0 Å². The number of nitrogens with two attached hydrogens (primary N) is 1. The number of ether oxygens (including phenoxy) is 1. The molecule has 3 N–H and O–H groups in total. The number of esters is 1. The van der Waals surface area contributed by atoms with E-state index in [1.807, 2.05) is 0 Å². The number of nitrogens with zero attached hydrogens (tertiary/aromatic N) is 3. The molecule has 2 aromatic rings. The number of hydrogen-bond donors (Lipinski definition) is 2.